The fourth-order valence-corrected chi connectivity index (χ4v) is 2.69. The predicted octanol–water partition coefficient (Wildman–Crippen LogP) is 0.680. The van der Waals surface area contributed by atoms with Crippen molar-refractivity contribution < 1.29 is 4.74 Å². The largest absolute Gasteiger partial charge is 0.379 e. The third kappa shape index (κ3) is 6.28. The number of ether oxygens (including phenoxy) is 1. The second kappa shape index (κ2) is 10.4. The molecule has 8 heteroatoms. The van der Waals surface area contributed by atoms with E-state index >= 15 is 0 Å². The molecule has 1 aromatic rings. The molecule has 2 heterocycles. The van der Waals surface area contributed by atoms with Gasteiger partial charge in [-0.1, -0.05) is 13.3 Å². The molecule has 0 saturated carbocycles. The topological polar surface area (TPSA) is 79.6 Å². The lowest BCUT2D eigenvalue weighted by atomic mass is 10.2. The Morgan fingerprint density at radius 2 is 2.04 bits per heavy atom. The lowest BCUT2D eigenvalue weighted by Crippen LogP contribution is -2.49. The van der Waals surface area contributed by atoms with Gasteiger partial charge in [-0.15, -0.1) is 10.2 Å². The molecule has 0 radical (unpaired) electrons. The molecule has 8 nitrogen and oxygen atoms in total. The molecule has 1 aromatic heterocycles. The van der Waals surface area contributed by atoms with Gasteiger partial charge in [0.25, 0.3) is 0 Å². The summed E-state index contributed by atoms with van der Waals surface area (Å²) in [5, 5.41) is 15.2. The first-order valence-corrected chi connectivity index (χ1v) is 9.30. The molecular formula is C17H33N7O. The molecule has 0 aliphatic carbocycles. The average Bonchev–Trinajstić information content (AvgIpc) is 2.96. The molecule has 1 unspecified atom stereocenters. The molecule has 0 amide bonds. The van der Waals surface area contributed by atoms with Gasteiger partial charge in [-0.05, 0) is 20.3 Å². The summed E-state index contributed by atoms with van der Waals surface area (Å²) < 4.78 is 7.40. The molecule has 0 bridgehead atoms. The maximum absolute atomic E-state index is 5.43. The minimum atomic E-state index is 0.444. The van der Waals surface area contributed by atoms with Gasteiger partial charge in [0.15, 0.2) is 11.8 Å². The molecule has 0 aromatic carbocycles. The zero-order valence-corrected chi connectivity index (χ0v) is 16.1. The Bertz CT molecular complexity index is 537. The Morgan fingerprint density at radius 1 is 1.28 bits per heavy atom. The number of rotatable bonds is 8. The SMILES string of the molecule is CCCCNC(=NCc1nnc(C)n1C)NCC(C)N1CCOCC1. The fourth-order valence-electron chi connectivity index (χ4n) is 2.69. The number of aliphatic imine (C=N–C) groups is 1. The van der Waals surface area contributed by atoms with Crippen molar-refractivity contribution in [3.63, 3.8) is 0 Å². The van der Waals surface area contributed by atoms with Crippen LogP contribution in [0.2, 0.25) is 0 Å². The number of nitrogens with one attached hydrogen (secondary N) is 2. The standard InChI is InChI=1S/C17H33N7O/c1-5-6-7-18-17(20-13-16-22-21-15(3)23(16)4)19-12-14(2)24-8-10-25-11-9-24/h14H,5-13H2,1-4H3,(H2,18,19,20). The number of aryl methyl sites for hydroxylation is 1. The molecule has 2 N–H and O–H groups in total. The lowest BCUT2D eigenvalue weighted by molar-refractivity contribution is 0.0211. The van der Waals surface area contributed by atoms with E-state index in [-0.39, 0.29) is 0 Å². The Balaban J connectivity index is 1.89. The lowest BCUT2D eigenvalue weighted by Gasteiger charge is -2.32. The van der Waals surface area contributed by atoms with E-state index in [9.17, 15) is 0 Å². The van der Waals surface area contributed by atoms with Gasteiger partial charge in [0.05, 0.1) is 13.2 Å². The second-order valence-corrected chi connectivity index (χ2v) is 6.55. The van der Waals surface area contributed by atoms with Crippen molar-refractivity contribution in [2.24, 2.45) is 12.0 Å². The highest BCUT2D eigenvalue weighted by atomic mass is 16.5. The highest BCUT2D eigenvalue weighted by Crippen LogP contribution is 2.03. The van der Waals surface area contributed by atoms with Crippen molar-refractivity contribution in [2.45, 2.75) is 46.2 Å². The van der Waals surface area contributed by atoms with Crippen LogP contribution < -0.4 is 10.6 Å². The van der Waals surface area contributed by atoms with Crippen LogP contribution >= 0.6 is 0 Å². The van der Waals surface area contributed by atoms with E-state index in [2.05, 4.69) is 44.6 Å². The van der Waals surface area contributed by atoms with Gasteiger partial charge in [0.1, 0.15) is 12.4 Å². The van der Waals surface area contributed by atoms with E-state index in [0.717, 1.165) is 69.8 Å². The van der Waals surface area contributed by atoms with E-state index in [1.54, 1.807) is 0 Å². The zero-order chi connectivity index (χ0) is 18.1. The summed E-state index contributed by atoms with van der Waals surface area (Å²) in [6, 6.07) is 0.444. The summed E-state index contributed by atoms with van der Waals surface area (Å²) in [6.45, 7) is 12.3. The van der Waals surface area contributed by atoms with Gasteiger partial charge in [0.2, 0.25) is 0 Å². The predicted molar refractivity (Wildman–Crippen MR) is 99.6 cm³/mol. The third-order valence-electron chi connectivity index (χ3n) is 4.62. The summed E-state index contributed by atoms with van der Waals surface area (Å²) in [4.78, 5) is 7.14. The van der Waals surface area contributed by atoms with Crippen molar-refractivity contribution in [3.8, 4) is 0 Å². The maximum Gasteiger partial charge on any atom is 0.191 e. The minimum absolute atomic E-state index is 0.444. The number of unbranched alkanes of at least 4 members (excludes halogenated alkanes) is 1. The van der Waals surface area contributed by atoms with Crippen LogP contribution in [0.4, 0.5) is 0 Å². The van der Waals surface area contributed by atoms with Crippen LogP contribution in [0, 0.1) is 6.92 Å². The summed E-state index contributed by atoms with van der Waals surface area (Å²) >= 11 is 0. The number of morpholine rings is 1. The Labute approximate surface area is 151 Å². The van der Waals surface area contributed by atoms with Gasteiger partial charge in [-0.25, -0.2) is 4.99 Å². The average molecular weight is 351 g/mol. The van der Waals surface area contributed by atoms with Crippen LogP contribution in [0.1, 0.15) is 38.3 Å². The monoisotopic (exact) mass is 351 g/mol. The summed E-state index contributed by atoms with van der Waals surface area (Å²) in [5.41, 5.74) is 0. The number of hydrogen-bond acceptors (Lipinski definition) is 5. The summed E-state index contributed by atoms with van der Waals surface area (Å²) in [7, 11) is 1.97. The molecule has 1 aliphatic rings. The minimum Gasteiger partial charge on any atom is -0.379 e. The zero-order valence-electron chi connectivity index (χ0n) is 16.1. The first kappa shape index (κ1) is 19.7. The molecule has 0 spiro atoms. The van der Waals surface area contributed by atoms with Crippen molar-refractivity contribution in [1.82, 2.24) is 30.3 Å². The number of hydrogen-bond donors (Lipinski definition) is 2. The molecule has 25 heavy (non-hydrogen) atoms. The van der Waals surface area contributed by atoms with Crippen molar-refractivity contribution >= 4 is 5.96 Å². The van der Waals surface area contributed by atoms with Crippen LogP contribution in [0.25, 0.3) is 0 Å². The Hall–Kier alpha value is -1.67. The quantitative estimate of drug-likeness (QED) is 0.407. The summed E-state index contributed by atoms with van der Waals surface area (Å²) in [6.07, 6.45) is 2.29. The normalized spacial score (nSPS) is 17.5. The molecular weight excluding hydrogens is 318 g/mol. The van der Waals surface area contributed by atoms with Crippen LogP contribution in [-0.2, 0) is 18.3 Å². The number of aromatic nitrogens is 3. The molecule has 2 rings (SSSR count). The Kier molecular flexibility index (Phi) is 8.14. The smallest absolute Gasteiger partial charge is 0.191 e. The van der Waals surface area contributed by atoms with Crippen molar-refractivity contribution in [3.05, 3.63) is 11.6 Å². The molecule has 1 atom stereocenters. The third-order valence-corrected chi connectivity index (χ3v) is 4.62. The van der Waals surface area contributed by atoms with E-state index in [4.69, 9.17) is 4.74 Å². The molecule has 1 fully saturated rings. The van der Waals surface area contributed by atoms with Crippen molar-refractivity contribution in [1.29, 1.82) is 0 Å². The molecule has 1 aliphatic heterocycles. The van der Waals surface area contributed by atoms with Crippen LogP contribution in [0.15, 0.2) is 4.99 Å². The maximum atomic E-state index is 5.43. The van der Waals surface area contributed by atoms with Crippen LogP contribution in [-0.4, -0.2) is 71.1 Å². The molecule has 1 saturated heterocycles. The van der Waals surface area contributed by atoms with Crippen molar-refractivity contribution in [2.75, 3.05) is 39.4 Å². The van der Waals surface area contributed by atoms with E-state index < -0.39 is 0 Å². The fraction of sp³-hybridized carbons (Fsp3) is 0.824. The van der Waals surface area contributed by atoms with E-state index in [0.29, 0.717) is 12.6 Å². The van der Waals surface area contributed by atoms with E-state index in [1.165, 1.54) is 0 Å². The van der Waals surface area contributed by atoms with Gasteiger partial charge in [-0.2, -0.15) is 0 Å². The summed E-state index contributed by atoms with van der Waals surface area (Å²) in [5.74, 6) is 2.61. The van der Waals surface area contributed by atoms with E-state index in [1.807, 2.05) is 18.5 Å². The molecule has 142 valence electrons. The first-order chi connectivity index (χ1) is 12.1. The highest BCUT2D eigenvalue weighted by Gasteiger charge is 2.17. The van der Waals surface area contributed by atoms with Gasteiger partial charge >= 0.3 is 0 Å². The van der Waals surface area contributed by atoms with Gasteiger partial charge < -0.3 is 19.9 Å². The number of guanidine groups is 1. The Morgan fingerprint density at radius 3 is 2.68 bits per heavy atom. The van der Waals surface area contributed by atoms with Gasteiger partial charge in [-0.3, -0.25) is 4.90 Å². The van der Waals surface area contributed by atoms with Crippen LogP contribution in [0.3, 0.4) is 0 Å². The van der Waals surface area contributed by atoms with Crippen LogP contribution in [0.5, 0.6) is 0 Å². The number of nitrogens with zero attached hydrogens (tertiary/aromatic N) is 5. The first-order valence-electron chi connectivity index (χ1n) is 9.30. The highest BCUT2D eigenvalue weighted by molar-refractivity contribution is 5.79. The van der Waals surface area contributed by atoms with Gasteiger partial charge in [0, 0.05) is 39.3 Å². The second-order valence-electron chi connectivity index (χ2n) is 6.55.